The van der Waals surface area contributed by atoms with Gasteiger partial charge < -0.3 is 25.0 Å². The number of pyridine rings is 1. The minimum absolute atomic E-state index is 0.0481. The number of benzene rings is 1. The van der Waals surface area contributed by atoms with Gasteiger partial charge in [-0.25, -0.2) is 14.4 Å². The van der Waals surface area contributed by atoms with Crippen molar-refractivity contribution in [3.63, 3.8) is 0 Å². The highest BCUT2D eigenvalue weighted by Gasteiger charge is 2.40. The number of ether oxygens (including phenoxy) is 1. The molecule has 0 amide bonds. The van der Waals surface area contributed by atoms with Crippen LogP contribution in [0.4, 0.5) is 27.7 Å². The average Bonchev–Trinajstić information content (AvgIpc) is 2.87. The molecule has 9 heteroatoms. The molecule has 5 rings (SSSR count). The lowest BCUT2D eigenvalue weighted by Gasteiger charge is -2.48. The maximum absolute atomic E-state index is 14.7. The second-order valence-electron chi connectivity index (χ2n) is 10.9. The third kappa shape index (κ3) is 4.94. The van der Waals surface area contributed by atoms with Crippen molar-refractivity contribution in [1.82, 2.24) is 15.0 Å². The van der Waals surface area contributed by atoms with Crippen LogP contribution in [0.3, 0.4) is 0 Å². The molecule has 3 aromatic rings. The van der Waals surface area contributed by atoms with Crippen LogP contribution in [-0.2, 0) is 4.74 Å². The molecule has 2 aromatic heterocycles. The summed E-state index contributed by atoms with van der Waals surface area (Å²) >= 11 is 0. The fourth-order valence-electron chi connectivity index (χ4n) is 5.49. The first-order chi connectivity index (χ1) is 17.7. The normalized spacial score (nSPS) is 26.0. The van der Waals surface area contributed by atoms with Crippen molar-refractivity contribution in [2.75, 3.05) is 48.5 Å². The van der Waals surface area contributed by atoms with Crippen LogP contribution < -0.4 is 15.1 Å². The van der Waals surface area contributed by atoms with Crippen molar-refractivity contribution in [1.29, 1.82) is 0 Å². The molecule has 0 spiro atoms. The molecule has 1 aromatic carbocycles. The highest BCUT2D eigenvalue weighted by molar-refractivity contribution is 5.98. The minimum atomic E-state index is -1.70. The Labute approximate surface area is 217 Å². The Morgan fingerprint density at radius 2 is 2.03 bits per heavy atom. The summed E-state index contributed by atoms with van der Waals surface area (Å²) in [4.78, 5) is 17.9. The van der Waals surface area contributed by atoms with Crippen LogP contribution in [0.25, 0.3) is 10.8 Å². The van der Waals surface area contributed by atoms with Crippen LogP contribution in [0.5, 0.6) is 0 Å². The van der Waals surface area contributed by atoms with Gasteiger partial charge in [-0.3, -0.25) is 0 Å². The summed E-state index contributed by atoms with van der Waals surface area (Å²) < 4.78 is 20.1. The van der Waals surface area contributed by atoms with Gasteiger partial charge in [-0.15, -0.1) is 0 Å². The number of alkyl halides is 1. The maximum Gasteiger partial charge on any atom is 0.227 e. The van der Waals surface area contributed by atoms with Gasteiger partial charge in [0.25, 0.3) is 0 Å². The number of fused-ring (bicyclic) bond motifs is 1. The molecular formula is C28H37FN6O2. The van der Waals surface area contributed by atoms with Crippen molar-refractivity contribution < 1.29 is 14.2 Å². The highest BCUT2D eigenvalue weighted by atomic mass is 19.1. The standard InChI is InChI=1S/C28H37FN6O2/c1-17(2)20-6-7-23(35-14-19(15-37-5)18(35)3)22-13-31-26(12-21(20)22)32-25-8-10-30-27(33-25)34-11-9-24(36)28(4,29)16-34/h6-8,10,12-13,17-19,24,36H,9,11,14-16H2,1-5H3,(H,30,31,32,33)/t18-,19-,24-,28+/m1/s1. The molecule has 2 N–H and O–H groups in total. The monoisotopic (exact) mass is 508 g/mol. The van der Waals surface area contributed by atoms with Crippen molar-refractivity contribution in [3.8, 4) is 0 Å². The van der Waals surface area contributed by atoms with Gasteiger partial charge in [0, 0.05) is 55.6 Å². The Morgan fingerprint density at radius 3 is 2.73 bits per heavy atom. The zero-order valence-corrected chi connectivity index (χ0v) is 22.3. The molecule has 4 heterocycles. The second kappa shape index (κ2) is 10.0. The molecule has 0 aliphatic carbocycles. The first-order valence-electron chi connectivity index (χ1n) is 13.1. The Balaban J connectivity index is 1.42. The Bertz CT molecular complexity index is 1270. The number of hydrogen-bond donors (Lipinski definition) is 2. The number of rotatable bonds is 7. The van der Waals surface area contributed by atoms with Crippen molar-refractivity contribution in [3.05, 3.63) is 42.2 Å². The van der Waals surface area contributed by atoms with Crippen LogP contribution in [0, 0.1) is 5.92 Å². The number of hydrogen-bond acceptors (Lipinski definition) is 8. The summed E-state index contributed by atoms with van der Waals surface area (Å²) in [5.74, 6) is 2.60. The van der Waals surface area contributed by atoms with Crippen LogP contribution >= 0.6 is 0 Å². The molecule has 2 fully saturated rings. The summed E-state index contributed by atoms with van der Waals surface area (Å²) in [7, 11) is 1.76. The first kappa shape index (κ1) is 25.6. The van der Waals surface area contributed by atoms with Gasteiger partial charge in [0.05, 0.1) is 19.3 Å². The number of piperidine rings is 1. The molecule has 8 nitrogen and oxygen atoms in total. The van der Waals surface area contributed by atoms with Crippen molar-refractivity contribution >= 4 is 34.0 Å². The van der Waals surface area contributed by atoms with E-state index in [1.165, 1.54) is 23.6 Å². The lowest BCUT2D eigenvalue weighted by molar-refractivity contribution is -0.00860. The largest absolute Gasteiger partial charge is 0.390 e. The Hall–Kier alpha value is -3.04. The highest BCUT2D eigenvalue weighted by Crippen LogP contribution is 2.39. The van der Waals surface area contributed by atoms with Crippen LogP contribution in [0.15, 0.2) is 36.7 Å². The predicted octanol–water partition coefficient (Wildman–Crippen LogP) is 4.66. The van der Waals surface area contributed by atoms with Crippen LogP contribution in [0.2, 0.25) is 0 Å². The van der Waals surface area contributed by atoms with E-state index >= 15 is 0 Å². The zero-order valence-electron chi connectivity index (χ0n) is 22.3. The molecule has 4 atom stereocenters. The number of aromatic nitrogens is 3. The van der Waals surface area contributed by atoms with Gasteiger partial charge in [-0.1, -0.05) is 19.9 Å². The van der Waals surface area contributed by atoms with E-state index in [1.807, 2.05) is 6.20 Å². The first-order valence-corrected chi connectivity index (χ1v) is 13.1. The number of anilines is 4. The lowest BCUT2D eigenvalue weighted by Crippen LogP contribution is -2.56. The van der Waals surface area contributed by atoms with Crippen LogP contribution in [-0.4, -0.2) is 71.2 Å². The molecular weight excluding hydrogens is 471 g/mol. The van der Waals surface area contributed by atoms with E-state index in [2.05, 4.69) is 59.2 Å². The van der Waals surface area contributed by atoms with E-state index in [0.717, 1.165) is 18.5 Å². The molecule has 37 heavy (non-hydrogen) atoms. The summed E-state index contributed by atoms with van der Waals surface area (Å²) in [6.07, 6.45) is 2.96. The predicted molar refractivity (Wildman–Crippen MR) is 146 cm³/mol. The van der Waals surface area contributed by atoms with Crippen molar-refractivity contribution in [2.24, 2.45) is 5.92 Å². The van der Waals surface area contributed by atoms with E-state index < -0.39 is 11.8 Å². The molecule has 0 unspecified atom stereocenters. The fraction of sp³-hybridized carbons (Fsp3) is 0.536. The van der Waals surface area contributed by atoms with E-state index in [4.69, 9.17) is 9.72 Å². The Morgan fingerprint density at radius 1 is 1.22 bits per heavy atom. The quantitative estimate of drug-likeness (QED) is 0.477. The SMILES string of the molecule is COC[C@H]1CN(c2ccc(C(C)C)c3cc(Nc4ccnc(N5CC[C@@H](O)[C@@](C)(F)C5)n4)ncc23)[C@@H]1C. The van der Waals surface area contributed by atoms with Gasteiger partial charge in [-0.2, -0.15) is 4.98 Å². The zero-order chi connectivity index (χ0) is 26.3. The average molecular weight is 509 g/mol. The summed E-state index contributed by atoms with van der Waals surface area (Å²) in [5, 5.41) is 15.6. The van der Waals surface area contributed by atoms with E-state index in [0.29, 0.717) is 48.4 Å². The number of aliphatic hydroxyl groups excluding tert-OH is 1. The van der Waals surface area contributed by atoms with E-state index in [-0.39, 0.29) is 6.54 Å². The summed E-state index contributed by atoms with van der Waals surface area (Å²) in [6, 6.07) is 8.72. The maximum atomic E-state index is 14.7. The van der Waals surface area contributed by atoms with E-state index in [1.54, 1.807) is 24.3 Å². The number of nitrogens with zero attached hydrogens (tertiary/aromatic N) is 5. The number of methoxy groups -OCH3 is 1. The van der Waals surface area contributed by atoms with Crippen LogP contribution in [0.1, 0.15) is 45.6 Å². The topological polar surface area (TPSA) is 86.6 Å². The smallest absolute Gasteiger partial charge is 0.227 e. The van der Waals surface area contributed by atoms with Gasteiger partial charge >= 0.3 is 0 Å². The number of nitrogens with one attached hydrogen (secondary N) is 1. The minimum Gasteiger partial charge on any atom is -0.390 e. The molecule has 0 radical (unpaired) electrons. The number of halogens is 1. The molecule has 198 valence electrons. The Kier molecular flexibility index (Phi) is 6.93. The second-order valence-corrected chi connectivity index (χ2v) is 10.9. The lowest BCUT2D eigenvalue weighted by atomic mass is 9.88. The molecule has 2 aliphatic heterocycles. The third-order valence-corrected chi connectivity index (χ3v) is 7.88. The summed E-state index contributed by atoms with van der Waals surface area (Å²) in [6.45, 7) is 10.4. The van der Waals surface area contributed by atoms with Gasteiger partial charge in [0.2, 0.25) is 5.95 Å². The third-order valence-electron chi connectivity index (χ3n) is 7.88. The van der Waals surface area contributed by atoms with Gasteiger partial charge in [0.15, 0.2) is 5.67 Å². The molecule has 0 saturated carbocycles. The molecule has 2 aliphatic rings. The number of aliphatic hydroxyl groups is 1. The van der Waals surface area contributed by atoms with Gasteiger partial charge in [0.1, 0.15) is 11.6 Å². The van der Waals surface area contributed by atoms with E-state index in [9.17, 15) is 9.50 Å². The molecule has 0 bridgehead atoms. The van der Waals surface area contributed by atoms with Crippen molar-refractivity contribution in [2.45, 2.75) is 57.8 Å². The van der Waals surface area contributed by atoms with Gasteiger partial charge in [-0.05, 0) is 55.3 Å². The molecule has 2 saturated heterocycles. The fourth-order valence-corrected chi connectivity index (χ4v) is 5.49. The summed E-state index contributed by atoms with van der Waals surface area (Å²) in [5.41, 5.74) is 0.764.